The molecule has 0 aliphatic carbocycles. The van der Waals surface area contributed by atoms with Crippen LogP contribution in [0.5, 0.6) is 0 Å². The molecule has 0 aliphatic rings. The molecular formula is C56H35NO2. The Balaban J connectivity index is 1.03. The minimum atomic E-state index is 0.839. The van der Waals surface area contributed by atoms with E-state index in [0.717, 1.165) is 83.2 Å². The van der Waals surface area contributed by atoms with E-state index in [0.29, 0.717) is 0 Å². The highest BCUT2D eigenvalue weighted by atomic mass is 16.3. The largest absolute Gasteiger partial charge is 0.455 e. The second kappa shape index (κ2) is 13.4. The van der Waals surface area contributed by atoms with Crippen LogP contribution in [0.4, 0.5) is 17.1 Å². The zero-order valence-corrected chi connectivity index (χ0v) is 32.0. The van der Waals surface area contributed by atoms with E-state index < -0.39 is 0 Å². The van der Waals surface area contributed by atoms with Crippen molar-refractivity contribution in [1.29, 1.82) is 0 Å². The van der Waals surface area contributed by atoms with Crippen molar-refractivity contribution in [2.75, 3.05) is 4.90 Å². The summed E-state index contributed by atoms with van der Waals surface area (Å²) in [6.07, 6.45) is 0. The number of nitrogens with zero attached hydrogens (tertiary/aromatic N) is 1. The number of anilines is 3. The van der Waals surface area contributed by atoms with Gasteiger partial charge in [-0.1, -0.05) is 170 Å². The summed E-state index contributed by atoms with van der Waals surface area (Å²) >= 11 is 0. The van der Waals surface area contributed by atoms with E-state index in [1.807, 2.05) is 18.2 Å². The lowest BCUT2D eigenvalue weighted by Gasteiger charge is -2.26. The third-order valence-corrected chi connectivity index (χ3v) is 11.9. The predicted octanol–water partition coefficient (Wildman–Crippen LogP) is 16.3. The Morgan fingerprint density at radius 2 is 0.780 bits per heavy atom. The van der Waals surface area contributed by atoms with Crippen LogP contribution in [0.2, 0.25) is 0 Å². The molecule has 0 spiro atoms. The van der Waals surface area contributed by atoms with Crippen LogP contribution in [-0.4, -0.2) is 0 Å². The van der Waals surface area contributed by atoms with Crippen molar-refractivity contribution in [3.63, 3.8) is 0 Å². The summed E-state index contributed by atoms with van der Waals surface area (Å²) in [6.45, 7) is 0. The monoisotopic (exact) mass is 753 g/mol. The molecular weight excluding hydrogens is 719 g/mol. The number of rotatable bonds is 6. The number of fused-ring (bicyclic) bond motifs is 9. The van der Waals surface area contributed by atoms with Crippen LogP contribution < -0.4 is 4.90 Å². The van der Waals surface area contributed by atoms with Gasteiger partial charge in [0, 0.05) is 44.0 Å². The van der Waals surface area contributed by atoms with Crippen LogP contribution in [0.25, 0.3) is 98.8 Å². The Morgan fingerprint density at radius 3 is 1.49 bits per heavy atom. The van der Waals surface area contributed by atoms with Gasteiger partial charge in [-0.15, -0.1) is 0 Å². The van der Waals surface area contributed by atoms with Gasteiger partial charge in [-0.2, -0.15) is 0 Å². The minimum Gasteiger partial charge on any atom is -0.455 e. The molecule has 0 saturated carbocycles. The lowest BCUT2D eigenvalue weighted by Crippen LogP contribution is -2.10. The van der Waals surface area contributed by atoms with Crippen LogP contribution in [0.1, 0.15) is 0 Å². The first kappa shape index (κ1) is 33.3. The summed E-state index contributed by atoms with van der Waals surface area (Å²) in [4.78, 5) is 2.32. The van der Waals surface area contributed by atoms with E-state index in [1.165, 1.54) is 32.7 Å². The van der Waals surface area contributed by atoms with Crippen LogP contribution in [-0.2, 0) is 0 Å². The lowest BCUT2D eigenvalue weighted by molar-refractivity contribution is 0.670. The molecule has 3 heteroatoms. The fourth-order valence-corrected chi connectivity index (χ4v) is 9.10. The zero-order valence-electron chi connectivity index (χ0n) is 32.0. The van der Waals surface area contributed by atoms with Gasteiger partial charge in [0.2, 0.25) is 0 Å². The first-order valence-electron chi connectivity index (χ1n) is 20.1. The molecule has 2 heterocycles. The molecule has 59 heavy (non-hydrogen) atoms. The summed E-state index contributed by atoms with van der Waals surface area (Å²) in [5, 5.41) is 9.42. The number of furan rings is 2. The molecule has 12 aromatic rings. The highest BCUT2D eigenvalue weighted by Crippen LogP contribution is 2.45. The van der Waals surface area contributed by atoms with E-state index in [1.54, 1.807) is 0 Å². The van der Waals surface area contributed by atoms with Gasteiger partial charge in [0.15, 0.2) is 5.58 Å². The molecule has 0 atom stereocenters. The summed E-state index contributed by atoms with van der Waals surface area (Å²) in [6, 6.07) is 75.5. The maximum Gasteiger partial charge on any atom is 0.159 e. The Morgan fingerprint density at radius 1 is 0.288 bits per heavy atom. The van der Waals surface area contributed by atoms with Crippen molar-refractivity contribution in [2.24, 2.45) is 0 Å². The quantitative estimate of drug-likeness (QED) is 0.158. The molecule has 10 aromatic carbocycles. The Kier molecular flexibility index (Phi) is 7.54. The summed E-state index contributed by atoms with van der Waals surface area (Å²) < 4.78 is 13.4. The topological polar surface area (TPSA) is 29.5 Å². The zero-order chi connectivity index (χ0) is 38.9. The molecule has 2 aromatic heterocycles. The molecule has 0 bridgehead atoms. The second-order valence-electron chi connectivity index (χ2n) is 15.2. The summed E-state index contributed by atoms with van der Waals surface area (Å²) in [7, 11) is 0. The maximum atomic E-state index is 6.99. The summed E-state index contributed by atoms with van der Waals surface area (Å²) in [5.74, 6) is 0. The van der Waals surface area contributed by atoms with Gasteiger partial charge in [0.1, 0.15) is 16.7 Å². The standard InChI is InChI=1S/C56H35NO2/c1-2-13-36(14-3-1)43-20-11-23-49-50-24-12-25-52(56(50)59-55(43)49)57(40-31-27-37(28-32-40)44-21-10-22-48-47-19-8-9-26-53(47)58-54(44)48)41-33-29-38(30-34-41)51-35-39-15-4-5-16-42(39)45-17-6-7-18-46(45)51/h1-35H. The number of hydrogen-bond donors (Lipinski definition) is 0. The van der Waals surface area contributed by atoms with Crippen molar-refractivity contribution >= 4 is 82.5 Å². The SMILES string of the molecule is c1ccc(-c2cccc3c2oc2c(N(c4ccc(-c5cc6ccccc6c6ccccc56)cc4)c4ccc(-c5cccc6c5oc5ccccc56)cc4)cccc23)cc1. The van der Waals surface area contributed by atoms with Crippen LogP contribution in [0.3, 0.4) is 0 Å². The molecule has 0 amide bonds. The molecule has 0 saturated heterocycles. The van der Waals surface area contributed by atoms with Gasteiger partial charge in [-0.3, -0.25) is 0 Å². The Hall–Kier alpha value is -7.88. The van der Waals surface area contributed by atoms with Crippen molar-refractivity contribution in [1.82, 2.24) is 0 Å². The molecule has 0 N–H and O–H groups in total. The van der Waals surface area contributed by atoms with E-state index >= 15 is 0 Å². The fraction of sp³-hybridized carbons (Fsp3) is 0. The van der Waals surface area contributed by atoms with Crippen molar-refractivity contribution in [3.8, 4) is 33.4 Å². The Labute approximate surface area is 340 Å². The maximum absolute atomic E-state index is 6.99. The van der Waals surface area contributed by atoms with Crippen LogP contribution in [0, 0.1) is 0 Å². The number of para-hydroxylation sites is 4. The van der Waals surface area contributed by atoms with Crippen LogP contribution >= 0.6 is 0 Å². The molecule has 0 aliphatic heterocycles. The van der Waals surface area contributed by atoms with E-state index in [9.17, 15) is 0 Å². The van der Waals surface area contributed by atoms with Gasteiger partial charge >= 0.3 is 0 Å². The van der Waals surface area contributed by atoms with E-state index in [-0.39, 0.29) is 0 Å². The van der Waals surface area contributed by atoms with E-state index in [4.69, 9.17) is 8.83 Å². The highest BCUT2D eigenvalue weighted by Gasteiger charge is 2.22. The van der Waals surface area contributed by atoms with Crippen LogP contribution in [0.15, 0.2) is 221 Å². The van der Waals surface area contributed by atoms with Gasteiger partial charge in [-0.25, -0.2) is 0 Å². The lowest BCUT2D eigenvalue weighted by atomic mass is 9.93. The number of benzene rings is 10. The summed E-state index contributed by atoms with van der Waals surface area (Å²) in [5.41, 5.74) is 13.3. The molecule has 12 rings (SSSR count). The molecule has 3 nitrogen and oxygen atoms in total. The normalized spacial score (nSPS) is 11.7. The van der Waals surface area contributed by atoms with Gasteiger partial charge in [-0.05, 0) is 86.3 Å². The minimum absolute atomic E-state index is 0.839. The smallest absolute Gasteiger partial charge is 0.159 e. The van der Waals surface area contributed by atoms with Crippen molar-refractivity contribution < 1.29 is 8.83 Å². The Bertz CT molecular complexity index is 3540. The van der Waals surface area contributed by atoms with Crippen molar-refractivity contribution in [2.45, 2.75) is 0 Å². The van der Waals surface area contributed by atoms with Gasteiger partial charge in [0.05, 0.1) is 5.69 Å². The van der Waals surface area contributed by atoms with Crippen molar-refractivity contribution in [3.05, 3.63) is 212 Å². The van der Waals surface area contributed by atoms with E-state index in [2.05, 4.69) is 199 Å². The third-order valence-electron chi connectivity index (χ3n) is 11.9. The second-order valence-corrected chi connectivity index (χ2v) is 15.2. The van der Waals surface area contributed by atoms with Gasteiger partial charge in [0.25, 0.3) is 0 Å². The average Bonchev–Trinajstić information content (AvgIpc) is 3.89. The van der Waals surface area contributed by atoms with Gasteiger partial charge < -0.3 is 13.7 Å². The molecule has 276 valence electrons. The number of hydrogen-bond acceptors (Lipinski definition) is 3. The molecule has 0 radical (unpaired) electrons. The first-order chi connectivity index (χ1) is 29.3. The first-order valence-corrected chi connectivity index (χ1v) is 20.1. The third kappa shape index (κ3) is 5.36. The molecule has 0 fully saturated rings. The molecule has 0 unspecified atom stereocenters. The predicted molar refractivity (Wildman–Crippen MR) is 247 cm³/mol. The highest BCUT2D eigenvalue weighted by molar-refractivity contribution is 6.15. The fourth-order valence-electron chi connectivity index (χ4n) is 9.10. The average molecular weight is 754 g/mol.